The fraction of sp³-hybridized carbons (Fsp3) is 0.500. The van der Waals surface area contributed by atoms with Gasteiger partial charge in [-0.1, -0.05) is 23.8 Å². The zero-order valence-electron chi connectivity index (χ0n) is 16.3. The van der Waals surface area contributed by atoms with Crippen molar-refractivity contribution in [2.24, 2.45) is 10.1 Å². The Morgan fingerprint density at radius 3 is 2.54 bits per heavy atom. The fourth-order valence-corrected chi connectivity index (χ4v) is 3.74. The third-order valence-corrected chi connectivity index (χ3v) is 4.98. The Balaban J connectivity index is 2.14. The second kappa shape index (κ2) is 7.80. The molecule has 2 aliphatic heterocycles. The van der Waals surface area contributed by atoms with E-state index in [0.717, 1.165) is 59.7 Å². The molecule has 0 N–H and O–H groups in total. The number of fused-ring (bicyclic) bond motifs is 1. The highest BCUT2D eigenvalue weighted by Crippen LogP contribution is 2.40. The molecular formula is C20H28ClN5. The molecule has 1 saturated heterocycles. The molecule has 1 fully saturated rings. The Morgan fingerprint density at radius 1 is 1.23 bits per heavy atom. The first-order valence-corrected chi connectivity index (χ1v) is 9.54. The van der Waals surface area contributed by atoms with E-state index in [-0.39, 0.29) is 6.04 Å². The van der Waals surface area contributed by atoms with Crippen LogP contribution in [0.15, 0.2) is 34.4 Å². The zero-order valence-corrected chi connectivity index (χ0v) is 17.1. The van der Waals surface area contributed by atoms with Crippen molar-refractivity contribution in [2.45, 2.75) is 33.7 Å². The number of rotatable bonds is 2. The minimum atomic E-state index is -0.00513. The van der Waals surface area contributed by atoms with Gasteiger partial charge in [-0.15, -0.1) is 0 Å². The number of guanidine groups is 1. The predicted molar refractivity (Wildman–Crippen MR) is 111 cm³/mol. The van der Waals surface area contributed by atoms with Crippen molar-refractivity contribution in [2.75, 3.05) is 33.2 Å². The van der Waals surface area contributed by atoms with Crippen molar-refractivity contribution in [3.8, 4) is 0 Å². The van der Waals surface area contributed by atoms with Crippen LogP contribution in [0.2, 0.25) is 5.02 Å². The number of benzene rings is 1. The maximum absolute atomic E-state index is 6.36. The number of hydrogen-bond donors (Lipinski definition) is 0. The Kier molecular flexibility index (Phi) is 5.68. The summed E-state index contributed by atoms with van der Waals surface area (Å²) in [5, 5.41) is 7.64. The molecule has 0 bridgehead atoms. The number of nitrogens with zero attached hydrogens (tertiary/aromatic N) is 5. The summed E-state index contributed by atoms with van der Waals surface area (Å²) in [7, 11) is 2.16. The SMILES string of the molecule is C/C=C/C1c2cc(Cl)cc(C)c2N=C(N2CCN(C)CC2)N1N=C(C)C. The lowest BCUT2D eigenvalue weighted by atomic mass is 9.99. The fourth-order valence-electron chi connectivity index (χ4n) is 3.46. The Morgan fingerprint density at radius 2 is 1.92 bits per heavy atom. The monoisotopic (exact) mass is 373 g/mol. The van der Waals surface area contributed by atoms with Crippen LogP contribution >= 0.6 is 11.6 Å². The summed E-state index contributed by atoms with van der Waals surface area (Å²) < 4.78 is 0. The summed E-state index contributed by atoms with van der Waals surface area (Å²) in [4.78, 5) is 9.75. The van der Waals surface area contributed by atoms with Crippen LogP contribution in [-0.4, -0.2) is 59.7 Å². The van der Waals surface area contributed by atoms with Gasteiger partial charge in [-0.3, -0.25) is 0 Å². The number of hydrazone groups is 1. The summed E-state index contributed by atoms with van der Waals surface area (Å²) in [6.45, 7) is 12.1. The van der Waals surface area contributed by atoms with E-state index >= 15 is 0 Å². The average Bonchev–Trinajstić information content (AvgIpc) is 2.57. The van der Waals surface area contributed by atoms with Gasteiger partial charge in [0.15, 0.2) is 0 Å². The molecule has 0 aromatic heterocycles. The molecule has 3 rings (SSSR count). The van der Waals surface area contributed by atoms with E-state index in [4.69, 9.17) is 21.7 Å². The molecule has 26 heavy (non-hydrogen) atoms. The Labute approximate surface area is 161 Å². The van der Waals surface area contributed by atoms with Gasteiger partial charge >= 0.3 is 0 Å². The van der Waals surface area contributed by atoms with Gasteiger partial charge in [0.05, 0.1) is 5.69 Å². The number of allylic oxidation sites excluding steroid dienone is 1. The van der Waals surface area contributed by atoms with E-state index in [1.807, 2.05) is 32.9 Å². The predicted octanol–water partition coefficient (Wildman–Crippen LogP) is 4.21. The van der Waals surface area contributed by atoms with E-state index < -0.39 is 0 Å². The topological polar surface area (TPSA) is 34.4 Å². The second-order valence-corrected chi connectivity index (χ2v) is 7.66. The number of piperazine rings is 1. The highest BCUT2D eigenvalue weighted by atomic mass is 35.5. The molecule has 140 valence electrons. The van der Waals surface area contributed by atoms with Crippen LogP contribution in [0.3, 0.4) is 0 Å². The normalized spacial score (nSPS) is 21.0. The molecule has 5 nitrogen and oxygen atoms in total. The van der Waals surface area contributed by atoms with Crippen LogP contribution in [0.5, 0.6) is 0 Å². The van der Waals surface area contributed by atoms with Crippen molar-refractivity contribution < 1.29 is 0 Å². The van der Waals surface area contributed by atoms with E-state index in [2.05, 4.69) is 40.9 Å². The molecule has 2 heterocycles. The molecule has 0 radical (unpaired) electrons. The smallest absolute Gasteiger partial charge is 0.223 e. The van der Waals surface area contributed by atoms with Crippen LogP contribution in [0.4, 0.5) is 5.69 Å². The van der Waals surface area contributed by atoms with Gasteiger partial charge in [0, 0.05) is 42.5 Å². The quantitative estimate of drug-likeness (QED) is 0.575. The lowest BCUT2D eigenvalue weighted by Crippen LogP contribution is -2.52. The lowest BCUT2D eigenvalue weighted by molar-refractivity contribution is 0.190. The molecule has 0 aliphatic carbocycles. The van der Waals surface area contributed by atoms with Crippen LogP contribution in [0, 0.1) is 6.92 Å². The molecule has 6 heteroatoms. The molecular weight excluding hydrogens is 346 g/mol. The van der Waals surface area contributed by atoms with E-state index in [1.165, 1.54) is 0 Å². The minimum absolute atomic E-state index is 0.00513. The van der Waals surface area contributed by atoms with Gasteiger partial charge in [0.1, 0.15) is 6.04 Å². The van der Waals surface area contributed by atoms with Gasteiger partial charge in [-0.05, 0) is 52.4 Å². The number of hydrogen-bond acceptors (Lipinski definition) is 5. The summed E-state index contributed by atoms with van der Waals surface area (Å²) in [5.74, 6) is 0.931. The highest BCUT2D eigenvalue weighted by molar-refractivity contribution is 6.30. The summed E-state index contributed by atoms with van der Waals surface area (Å²) in [5.41, 5.74) is 4.23. The van der Waals surface area contributed by atoms with Gasteiger partial charge in [0.25, 0.3) is 0 Å². The minimum Gasteiger partial charge on any atom is -0.338 e. The van der Waals surface area contributed by atoms with Crippen molar-refractivity contribution in [3.63, 3.8) is 0 Å². The van der Waals surface area contributed by atoms with E-state index in [0.29, 0.717) is 0 Å². The van der Waals surface area contributed by atoms with Crippen LogP contribution in [0.1, 0.15) is 37.9 Å². The number of likely N-dealkylation sites (N-methyl/N-ethyl adjacent to an activating group) is 1. The molecule has 1 aromatic carbocycles. The summed E-state index contributed by atoms with van der Waals surface area (Å²) in [6.07, 6.45) is 4.25. The number of halogens is 1. The largest absolute Gasteiger partial charge is 0.338 e. The maximum Gasteiger partial charge on any atom is 0.223 e. The van der Waals surface area contributed by atoms with E-state index in [1.54, 1.807) is 0 Å². The van der Waals surface area contributed by atoms with Crippen LogP contribution in [-0.2, 0) is 0 Å². The van der Waals surface area contributed by atoms with E-state index in [9.17, 15) is 0 Å². The number of aliphatic imine (C=N–C) groups is 1. The molecule has 1 atom stereocenters. The van der Waals surface area contributed by atoms with Crippen molar-refractivity contribution in [1.29, 1.82) is 0 Å². The molecule has 0 saturated carbocycles. The van der Waals surface area contributed by atoms with Gasteiger partial charge in [0.2, 0.25) is 5.96 Å². The standard InChI is InChI=1S/C20H28ClN5/c1-6-7-18-17-13-16(21)12-15(4)19(17)22-20(26(18)23-14(2)3)25-10-8-24(5)9-11-25/h6-7,12-13,18H,8-11H2,1-5H3/b7-6+. The van der Waals surface area contributed by atoms with Crippen molar-refractivity contribution in [1.82, 2.24) is 14.8 Å². The van der Waals surface area contributed by atoms with Gasteiger partial charge < -0.3 is 9.80 Å². The van der Waals surface area contributed by atoms with Gasteiger partial charge in [-0.25, -0.2) is 10.0 Å². The van der Waals surface area contributed by atoms with Crippen molar-refractivity contribution in [3.05, 3.63) is 40.4 Å². The first-order chi connectivity index (χ1) is 12.4. The first kappa shape index (κ1) is 18.9. The third-order valence-electron chi connectivity index (χ3n) is 4.76. The lowest BCUT2D eigenvalue weighted by Gasteiger charge is -2.41. The number of aryl methyl sites for hydroxylation is 1. The zero-order chi connectivity index (χ0) is 18.8. The molecule has 1 unspecified atom stereocenters. The summed E-state index contributed by atoms with van der Waals surface area (Å²) in [6, 6.07) is 4.00. The van der Waals surface area contributed by atoms with Gasteiger partial charge in [-0.2, -0.15) is 5.10 Å². The highest BCUT2D eigenvalue weighted by Gasteiger charge is 2.33. The second-order valence-electron chi connectivity index (χ2n) is 7.23. The Hall–Kier alpha value is -1.85. The molecule has 2 aliphatic rings. The summed E-state index contributed by atoms with van der Waals surface area (Å²) >= 11 is 6.36. The molecule has 0 amide bonds. The molecule has 0 spiro atoms. The van der Waals surface area contributed by atoms with Crippen LogP contribution < -0.4 is 0 Å². The molecule has 1 aromatic rings. The van der Waals surface area contributed by atoms with Crippen molar-refractivity contribution >= 4 is 29.0 Å². The first-order valence-electron chi connectivity index (χ1n) is 9.16. The maximum atomic E-state index is 6.36. The Bertz CT molecular complexity index is 756. The average molecular weight is 374 g/mol. The third kappa shape index (κ3) is 3.79. The van der Waals surface area contributed by atoms with Crippen LogP contribution in [0.25, 0.3) is 0 Å².